The van der Waals surface area contributed by atoms with E-state index in [9.17, 15) is 1.37 Å². The fourth-order valence-electron chi connectivity index (χ4n) is 6.67. The molecular formula is C44H28O. The highest BCUT2D eigenvalue weighted by Crippen LogP contribution is 2.45. The van der Waals surface area contributed by atoms with Gasteiger partial charge in [0.25, 0.3) is 0 Å². The predicted octanol–water partition coefficient (Wildman–Crippen LogP) is 12.6. The summed E-state index contributed by atoms with van der Waals surface area (Å²) in [5.41, 5.74) is 8.05. The van der Waals surface area contributed by atoms with Crippen LogP contribution < -0.4 is 0 Å². The van der Waals surface area contributed by atoms with Gasteiger partial charge in [-0.3, -0.25) is 0 Å². The first-order valence-electron chi connectivity index (χ1n) is 17.1. The Balaban J connectivity index is 1.31. The standard InChI is InChI=1S/C44H28O/c1-3-12-29(13-4-1)31-16-11-17-33(26-31)43-37-18-7-9-20-39(37)44(40-21-10-8-19-38(40)43)34-23-25-36-35-24-22-32(30-14-5-2-6-15-30)27-41(35)45-42(36)28-34/h1-28H/i11D,16D,17D,26D. The van der Waals surface area contributed by atoms with Crippen LogP contribution in [0.15, 0.2) is 174 Å². The molecule has 0 amide bonds. The quantitative estimate of drug-likeness (QED) is 0.190. The van der Waals surface area contributed by atoms with Crippen molar-refractivity contribution < 1.29 is 9.90 Å². The molecule has 0 radical (unpaired) electrons. The summed E-state index contributed by atoms with van der Waals surface area (Å²) in [6.07, 6.45) is 0. The topological polar surface area (TPSA) is 13.1 Å². The maximum Gasteiger partial charge on any atom is 0.136 e. The first-order chi connectivity index (χ1) is 24.0. The molecule has 9 aromatic rings. The molecule has 45 heavy (non-hydrogen) atoms. The summed E-state index contributed by atoms with van der Waals surface area (Å²) in [4.78, 5) is 0. The molecule has 0 aliphatic rings. The lowest BCUT2D eigenvalue weighted by Crippen LogP contribution is -1.91. The van der Waals surface area contributed by atoms with E-state index in [-0.39, 0.29) is 24.2 Å². The van der Waals surface area contributed by atoms with Crippen LogP contribution in [-0.2, 0) is 0 Å². The van der Waals surface area contributed by atoms with Gasteiger partial charge < -0.3 is 4.42 Å². The van der Waals surface area contributed by atoms with E-state index in [2.05, 4.69) is 60.7 Å². The van der Waals surface area contributed by atoms with Crippen molar-refractivity contribution in [2.75, 3.05) is 0 Å². The Hall–Kier alpha value is -5.92. The lowest BCUT2D eigenvalue weighted by Gasteiger charge is -2.18. The molecule has 0 fully saturated rings. The second kappa shape index (κ2) is 10.4. The monoisotopic (exact) mass is 576 g/mol. The fourth-order valence-corrected chi connectivity index (χ4v) is 6.67. The fraction of sp³-hybridized carbons (Fsp3) is 0. The lowest BCUT2D eigenvalue weighted by molar-refractivity contribution is 0.669. The predicted molar refractivity (Wildman–Crippen MR) is 190 cm³/mol. The average molecular weight is 577 g/mol. The maximum absolute atomic E-state index is 9.45. The highest BCUT2D eigenvalue weighted by atomic mass is 16.3. The molecule has 0 saturated carbocycles. The molecule has 0 atom stereocenters. The summed E-state index contributed by atoms with van der Waals surface area (Å²) in [7, 11) is 0. The number of fused-ring (bicyclic) bond motifs is 5. The zero-order chi connectivity index (χ0) is 33.2. The molecule has 0 N–H and O–H groups in total. The first kappa shape index (κ1) is 21.7. The number of furan rings is 1. The van der Waals surface area contributed by atoms with Crippen LogP contribution in [0, 0.1) is 0 Å². The van der Waals surface area contributed by atoms with E-state index in [1.807, 2.05) is 84.9 Å². The van der Waals surface area contributed by atoms with Crippen LogP contribution in [0.3, 0.4) is 0 Å². The summed E-state index contributed by atoms with van der Waals surface area (Å²) < 4.78 is 42.7. The Morgan fingerprint density at radius 1 is 0.356 bits per heavy atom. The highest BCUT2D eigenvalue weighted by molar-refractivity contribution is 6.22. The van der Waals surface area contributed by atoms with Crippen molar-refractivity contribution >= 4 is 43.5 Å². The molecule has 0 spiro atoms. The molecule has 0 unspecified atom stereocenters. The maximum atomic E-state index is 9.45. The average Bonchev–Trinajstić information content (AvgIpc) is 3.51. The van der Waals surface area contributed by atoms with Gasteiger partial charge in [-0.05, 0) is 96.4 Å². The largest absolute Gasteiger partial charge is 0.456 e. The molecule has 8 aromatic carbocycles. The molecule has 0 bridgehead atoms. The molecule has 9 rings (SSSR count). The van der Waals surface area contributed by atoms with Crippen molar-refractivity contribution in [1.29, 1.82) is 0 Å². The van der Waals surface area contributed by atoms with Crippen LogP contribution in [0.2, 0.25) is 0 Å². The Morgan fingerprint density at radius 3 is 1.38 bits per heavy atom. The van der Waals surface area contributed by atoms with Gasteiger partial charge in [-0.1, -0.05) is 139 Å². The van der Waals surface area contributed by atoms with Crippen molar-refractivity contribution in [2.24, 2.45) is 0 Å². The Kier molecular flexibility index (Phi) is 5.00. The van der Waals surface area contributed by atoms with Gasteiger partial charge in [0.15, 0.2) is 0 Å². The molecule has 1 nitrogen and oxygen atoms in total. The number of hydrogen-bond donors (Lipinski definition) is 0. The van der Waals surface area contributed by atoms with Gasteiger partial charge in [-0.2, -0.15) is 0 Å². The van der Waals surface area contributed by atoms with E-state index in [4.69, 9.17) is 8.53 Å². The lowest BCUT2D eigenvalue weighted by atomic mass is 9.85. The van der Waals surface area contributed by atoms with Crippen molar-refractivity contribution in [2.45, 2.75) is 0 Å². The summed E-state index contributed by atoms with van der Waals surface area (Å²) in [6, 6.07) is 48.3. The third-order valence-electron chi connectivity index (χ3n) is 8.74. The summed E-state index contributed by atoms with van der Waals surface area (Å²) >= 11 is 0. The molecule has 210 valence electrons. The van der Waals surface area contributed by atoms with E-state index < -0.39 is 0 Å². The summed E-state index contributed by atoms with van der Waals surface area (Å²) in [5.74, 6) is 0. The van der Waals surface area contributed by atoms with Crippen LogP contribution in [0.4, 0.5) is 0 Å². The third-order valence-corrected chi connectivity index (χ3v) is 8.74. The van der Waals surface area contributed by atoms with Crippen molar-refractivity contribution in [1.82, 2.24) is 0 Å². The molecule has 1 aromatic heterocycles. The van der Waals surface area contributed by atoms with Gasteiger partial charge in [-0.15, -0.1) is 0 Å². The first-order valence-corrected chi connectivity index (χ1v) is 15.1. The van der Waals surface area contributed by atoms with Crippen molar-refractivity contribution in [3.63, 3.8) is 0 Å². The highest BCUT2D eigenvalue weighted by Gasteiger charge is 2.18. The Morgan fingerprint density at radius 2 is 0.800 bits per heavy atom. The van der Waals surface area contributed by atoms with Gasteiger partial charge in [0, 0.05) is 10.8 Å². The van der Waals surface area contributed by atoms with Gasteiger partial charge in [-0.25, -0.2) is 0 Å². The summed E-state index contributed by atoms with van der Waals surface area (Å²) in [5, 5.41) is 5.82. The van der Waals surface area contributed by atoms with E-state index >= 15 is 0 Å². The minimum absolute atomic E-state index is 0.0822. The van der Waals surface area contributed by atoms with Crippen LogP contribution in [-0.4, -0.2) is 0 Å². The van der Waals surface area contributed by atoms with Gasteiger partial charge >= 0.3 is 0 Å². The van der Waals surface area contributed by atoms with Crippen molar-refractivity contribution in [3.8, 4) is 44.5 Å². The SMILES string of the molecule is [2H]c1c([2H])c(-c2ccccc2)c([2H])c(-c2c3ccccc3c(-c3ccc4c(c3)oc3cc(-c5ccccc5)ccc34)c3ccccc23)c1[2H]. The zero-order valence-corrected chi connectivity index (χ0v) is 24.3. The zero-order valence-electron chi connectivity index (χ0n) is 28.3. The molecule has 0 aliphatic heterocycles. The van der Waals surface area contributed by atoms with Crippen LogP contribution in [0.25, 0.3) is 88.0 Å². The van der Waals surface area contributed by atoms with E-state index in [1.54, 1.807) is 0 Å². The molecule has 1 heterocycles. The normalized spacial score (nSPS) is 12.8. The minimum atomic E-state index is -0.187. The Bertz CT molecular complexity index is 2690. The Labute approximate surface area is 267 Å². The molecule has 1 heteroatoms. The van der Waals surface area contributed by atoms with Gasteiger partial charge in [0.1, 0.15) is 11.2 Å². The third kappa shape index (κ3) is 4.24. The van der Waals surface area contributed by atoms with Crippen molar-refractivity contribution in [3.05, 3.63) is 170 Å². The second-order valence-corrected chi connectivity index (χ2v) is 11.3. The van der Waals surface area contributed by atoms with E-state index in [0.29, 0.717) is 16.7 Å². The van der Waals surface area contributed by atoms with Crippen LogP contribution in [0.5, 0.6) is 0 Å². The number of benzene rings is 8. The molecule has 0 aliphatic carbocycles. The number of rotatable bonds is 4. The summed E-state index contributed by atoms with van der Waals surface area (Å²) in [6.45, 7) is 0. The van der Waals surface area contributed by atoms with E-state index in [0.717, 1.165) is 71.3 Å². The molecule has 0 saturated heterocycles. The minimum Gasteiger partial charge on any atom is -0.456 e. The van der Waals surface area contributed by atoms with Gasteiger partial charge in [0.05, 0.1) is 5.48 Å². The van der Waals surface area contributed by atoms with Crippen LogP contribution >= 0.6 is 0 Å². The van der Waals surface area contributed by atoms with Gasteiger partial charge in [0.2, 0.25) is 0 Å². The molecular weight excluding hydrogens is 544 g/mol. The van der Waals surface area contributed by atoms with Crippen LogP contribution in [0.1, 0.15) is 5.48 Å². The van der Waals surface area contributed by atoms with E-state index in [1.165, 1.54) is 0 Å². The smallest absolute Gasteiger partial charge is 0.136 e. The second-order valence-electron chi connectivity index (χ2n) is 11.3. The number of hydrogen-bond acceptors (Lipinski definition) is 1.